The number of hydrogen-bond acceptors (Lipinski definition) is 6. The fourth-order valence-electron chi connectivity index (χ4n) is 3.92. The molecule has 0 unspecified atom stereocenters. The van der Waals surface area contributed by atoms with Crippen molar-refractivity contribution in [1.82, 2.24) is 20.4 Å². The highest BCUT2D eigenvalue weighted by atomic mass is 35.5. The van der Waals surface area contributed by atoms with Crippen molar-refractivity contribution in [3.63, 3.8) is 0 Å². The Morgan fingerprint density at radius 2 is 1.97 bits per heavy atom. The standard InChI is InChI=1S/C24H29ClN4O2/c1-14-21(20-15(2)29-31-16(20)3)27-23(28-22(14)24(4)9-10-24)18-13-17(7-8-19(18)25)30-12-6-11-26-5/h7-8,13,26H,6,9-12H2,1-5H3. The van der Waals surface area contributed by atoms with E-state index >= 15 is 0 Å². The first-order chi connectivity index (χ1) is 14.8. The van der Waals surface area contributed by atoms with Crippen LogP contribution in [-0.4, -0.2) is 35.3 Å². The van der Waals surface area contributed by atoms with Gasteiger partial charge in [0.15, 0.2) is 5.82 Å². The van der Waals surface area contributed by atoms with E-state index in [9.17, 15) is 0 Å². The van der Waals surface area contributed by atoms with Crippen molar-refractivity contribution in [2.75, 3.05) is 20.2 Å². The number of aromatic nitrogens is 3. The van der Waals surface area contributed by atoms with E-state index in [1.54, 1.807) is 0 Å². The topological polar surface area (TPSA) is 73.1 Å². The van der Waals surface area contributed by atoms with Gasteiger partial charge in [-0.3, -0.25) is 0 Å². The van der Waals surface area contributed by atoms with Crippen molar-refractivity contribution in [2.45, 2.75) is 52.4 Å². The molecule has 0 atom stereocenters. The molecule has 0 saturated heterocycles. The van der Waals surface area contributed by atoms with E-state index in [0.29, 0.717) is 17.5 Å². The molecule has 1 saturated carbocycles. The number of halogens is 1. The van der Waals surface area contributed by atoms with Crippen LogP contribution < -0.4 is 10.1 Å². The zero-order valence-corrected chi connectivity index (χ0v) is 19.6. The highest BCUT2D eigenvalue weighted by Gasteiger charge is 2.43. The second-order valence-electron chi connectivity index (χ2n) is 8.58. The Labute approximate surface area is 188 Å². The second-order valence-corrected chi connectivity index (χ2v) is 8.98. The normalized spacial score (nSPS) is 14.6. The Morgan fingerprint density at radius 1 is 1.19 bits per heavy atom. The Hall–Kier alpha value is -2.44. The lowest BCUT2D eigenvalue weighted by atomic mass is 9.95. The summed E-state index contributed by atoms with van der Waals surface area (Å²) in [7, 11) is 1.93. The number of ether oxygens (including phenoxy) is 1. The molecule has 1 fully saturated rings. The number of aryl methyl sites for hydroxylation is 2. The van der Waals surface area contributed by atoms with Gasteiger partial charge in [0.05, 0.1) is 34.3 Å². The molecule has 2 heterocycles. The highest BCUT2D eigenvalue weighted by Crippen LogP contribution is 2.49. The predicted octanol–water partition coefficient (Wildman–Crippen LogP) is 5.42. The smallest absolute Gasteiger partial charge is 0.161 e. The van der Waals surface area contributed by atoms with E-state index in [-0.39, 0.29) is 5.41 Å². The molecule has 1 aliphatic rings. The Balaban J connectivity index is 1.81. The lowest BCUT2D eigenvalue weighted by Crippen LogP contribution is -2.12. The van der Waals surface area contributed by atoms with E-state index in [1.807, 2.05) is 39.1 Å². The van der Waals surface area contributed by atoms with Crippen molar-refractivity contribution in [3.05, 3.63) is 45.9 Å². The summed E-state index contributed by atoms with van der Waals surface area (Å²) < 4.78 is 11.4. The van der Waals surface area contributed by atoms with Crippen LogP contribution in [-0.2, 0) is 5.41 Å². The van der Waals surface area contributed by atoms with Gasteiger partial charge in [0.25, 0.3) is 0 Å². The van der Waals surface area contributed by atoms with Crippen molar-refractivity contribution in [2.24, 2.45) is 0 Å². The SMILES string of the molecule is CNCCCOc1ccc(Cl)c(-c2nc(-c3c(C)noc3C)c(C)c(C3(C)CC3)n2)c1. The molecule has 164 valence electrons. The summed E-state index contributed by atoms with van der Waals surface area (Å²) in [6.07, 6.45) is 3.16. The van der Waals surface area contributed by atoms with Crippen LogP contribution in [0, 0.1) is 20.8 Å². The summed E-state index contributed by atoms with van der Waals surface area (Å²) in [5.74, 6) is 2.12. The number of rotatable bonds is 8. The largest absolute Gasteiger partial charge is 0.494 e. The molecular weight excluding hydrogens is 412 g/mol. The first kappa shape index (κ1) is 21.8. The minimum Gasteiger partial charge on any atom is -0.494 e. The van der Waals surface area contributed by atoms with Crippen LogP contribution in [0.25, 0.3) is 22.6 Å². The van der Waals surface area contributed by atoms with Crippen molar-refractivity contribution in [3.8, 4) is 28.4 Å². The summed E-state index contributed by atoms with van der Waals surface area (Å²) in [6, 6.07) is 5.67. The van der Waals surface area contributed by atoms with Crippen LogP contribution in [0.5, 0.6) is 5.75 Å². The average Bonchev–Trinajstić information content (AvgIpc) is 3.41. The van der Waals surface area contributed by atoms with E-state index in [2.05, 4.69) is 24.3 Å². The monoisotopic (exact) mass is 440 g/mol. The summed E-state index contributed by atoms with van der Waals surface area (Å²) in [5, 5.41) is 7.86. The third kappa shape index (κ3) is 4.32. The van der Waals surface area contributed by atoms with E-state index in [0.717, 1.165) is 71.1 Å². The summed E-state index contributed by atoms with van der Waals surface area (Å²) in [5.41, 5.74) is 5.61. The van der Waals surface area contributed by atoms with Crippen molar-refractivity contribution < 1.29 is 9.26 Å². The van der Waals surface area contributed by atoms with Gasteiger partial charge in [0, 0.05) is 11.0 Å². The average molecular weight is 441 g/mol. The van der Waals surface area contributed by atoms with Crippen LogP contribution in [0.15, 0.2) is 22.7 Å². The number of hydrogen-bond donors (Lipinski definition) is 1. The highest BCUT2D eigenvalue weighted by molar-refractivity contribution is 6.33. The molecule has 0 aliphatic heterocycles. The third-order valence-corrected chi connectivity index (χ3v) is 6.34. The quantitative estimate of drug-likeness (QED) is 0.471. The molecular formula is C24H29ClN4O2. The van der Waals surface area contributed by atoms with E-state index in [4.69, 9.17) is 30.8 Å². The maximum atomic E-state index is 6.60. The first-order valence-electron chi connectivity index (χ1n) is 10.7. The number of nitrogens with one attached hydrogen (secondary N) is 1. The van der Waals surface area contributed by atoms with Crippen LogP contribution in [0.3, 0.4) is 0 Å². The van der Waals surface area contributed by atoms with Crippen molar-refractivity contribution >= 4 is 11.6 Å². The van der Waals surface area contributed by atoms with Gasteiger partial charge < -0.3 is 14.6 Å². The molecule has 0 spiro atoms. The molecule has 0 bridgehead atoms. The summed E-state index contributed by atoms with van der Waals surface area (Å²) in [6.45, 7) is 9.74. The second kappa shape index (κ2) is 8.60. The van der Waals surface area contributed by atoms with Gasteiger partial charge in [0.2, 0.25) is 0 Å². The van der Waals surface area contributed by atoms with Gasteiger partial charge >= 0.3 is 0 Å². The van der Waals surface area contributed by atoms with Gasteiger partial charge in [0.1, 0.15) is 11.5 Å². The number of benzene rings is 1. The maximum Gasteiger partial charge on any atom is 0.161 e. The molecule has 7 heteroatoms. The Bertz CT molecular complexity index is 1090. The van der Waals surface area contributed by atoms with Crippen LogP contribution >= 0.6 is 11.6 Å². The maximum absolute atomic E-state index is 6.60. The molecule has 1 aromatic carbocycles. The van der Waals surface area contributed by atoms with Gasteiger partial charge in [-0.15, -0.1) is 0 Å². The fourth-order valence-corrected chi connectivity index (χ4v) is 4.12. The van der Waals surface area contributed by atoms with E-state index < -0.39 is 0 Å². The zero-order valence-electron chi connectivity index (χ0n) is 18.8. The Morgan fingerprint density at radius 3 is 2.61 bits per heavy atom. The third-order valence-electron chi connectivity index (χ3n) is 6.01. The van der Waals surface area contributed by atoms with Gasteiger partial charge in [-0.1, -0.05) is 23.7 Å². The lowest BCUT2D eigenvalue weighted by Gasteiger charge is -2.17. The molecule has 6 nitrogen and oxygen atoms in total. The zero-order chi connectivity index (χ0) is 22.2. The van der Waals surface area contributed by atoms with Gasteiger partial charge in [-0.2, -0.15) is 0 Å². The molecule has 0 radical (unpaired) electrons. The molecule has 2 aromatic heterocycles. The van der Waals surface area contributed by atoms with Crippen LogP contribution in [0.4, 0.5) is 0 Å². The Kier molecular flexibility index (Phi) is 6.04. The van der Waals surface area contributed by atoms with Crippen LogP contribution in [0.1, 0.15) is 48.9 Å². The molecule has 31 heavy (non-hydrogen) atoms. The fraction of sp³-hybridized carbons (Fsp3) is 0.458. The first-order valence-corrected chi connectivity index (χ1v) is 11.1. The van der Waals surface area contributed by atoms with E-state index in [1.165, 1.54) is 0 Å². The van der Waals surface area contributed by atoms with Crippen molar-refractivity contribution in [1.29, 1.82) is 0 Å². The minimum absolute atomic E-state index is 0.0727. The lowest BCUT2D eigenvalue weighted by molar-refractivity contribution is 0.310. The predicted molar refractivity (Wildman–Crippen MR) is 123 cm³/mol. The number of nitrogens with zero attached hydrogens (tertiary/aromatic N) is 3. The molecule has 1 N–H and O–H groups in total. The van der Waals surface area contributed by atoms with Gasteiger partial charge in [-0.05, 0) is 77.4 Å². The summed E-state index contributed by atoms with van der Waals surface area (Å²) in [4.78, 5) is 9.96. The molecule has 4 rings (SSSR count). The van der Waals surface area contributed by atoms with Gasteiger partial charge in [-0.25, -0.2) is 9.97 Å². The summed E-state index contributed by atoms with van der Waals surface area (Å²) >= 11 is 6.60. The molecule has 0 amide bonds. The molecule has 3 aromatic rings. The molecule has 1 aliphatic carbocycles. The van der Waals surface area contributed by atoms with Crippen LogP contribution in [0.2, 0.25) is 5.02 Å². The minimum atomic E-state index is 0.0727.